The average molecular weight is 340 g/mol. The van der Waals surface area contributed by atoms with Crippen molar-refractivity contribution >= 4 is 23.2 Å². The highest BCUT2D eigenvalue weighted by Crippen LogP contribution is 2.11. The monoisotopic (exact) mass is 340 g/mol. The summed E-state index contributed by atoms with van der Waals surface area (Å²) >= 11 is 1.58. The zero-order valence-corrected chi connectivity index (χ0v) is 14.3. The number of hydrogen-bond acceptors (Lipinski definition) is 6. The summed E-state index contributed by atoms with van der Waals surface area (Å²) in [4.78, 5) is 29.0. The van der Waals surface area contributed by atoms with Gasteiger partial charge in [-0.05, 0) is 11.4 Å². The van der Waals surface area contributed by atoms with Crippen LogP contribution in [0, 0.1) is 0 Å². The minimum atomic E-state index is -0.287. The van der Waals surface area contributed by atoms with Crippen LogP contribution in [0.1, 0.15) is 11.3 Å². The minimum Gasteiger partial charge on any atom is -0.469 e. The molecule has 1 saturated heterocycles. The third-order valence-electron chi connectivity index (χ3n) is 3.86. The molecule has 1 aliphatic heterocycles. The molecule has 0 atom stereocenters. The van der Waals surface area contributed by atoms with E-state index in [4.69, 9.17) is 4.74 Å². The molecular formula is C16H24N2O4S. The Bertz CT molecular complexity index is 486. The molecule has 1 aromatic rings. The molecule has 0 aliphatic carbocycles. The maximum absolute atomic E-state index is 12.5. The second-order valence-electron chi connectivity index (χ2n) is 5.42. The zero-order chi connectivity index (χ0) is 16.5. The second kappa shape index (κ2) is 9.64. The molecule has 0 N–H and O–H groups in total. The molecule has 1 amide bonds. The number of morpholine rings is 1. The Hall–Kier alpha value is -1.44. The van der Waals surface area contributed by atoms with Gasteiger partial charge >= 0.3 is 5.97 Å². The summed E-state index contributed by atoms with van der Waals surface area (Å²) in [5, 5.41) is 1.97. The highest BCUT2D eigenvalue weighted by Gasteiger charge is 2.18. The molecule has 0 radical (unpaired) electrons. The molecule has 0 saturated carbocycles. The number of nitrogens with zero attached hydrogens (tertiary/aromatic N) is 2. The van der Waals surface area contributed by atoms with Gasteiger partial charge < -0.3 is 14.4 Å². The van der Waals surface area contributed by atoms with E-state index in [0.717, 1.165) is 37.7 Å². The van der Waals surface area contributed by atoms with Gasteiger partial charge in [0.05, 0.1) is 33.2 Å². The first kappa shape index (κ1) is 17.9. The lowest BCUT2D eigenvalue weighted by Gasteiger charge is -2.30. The topological polar surface area (TPSA) is 59.1 Å². The quantitative estimate of drug-likeness (QED) is 0.661. The molecule has 1 aliphatic rings. The Balaban J connectivity index is 1.86. The minimum absolute atomic E-state index is 0.0598. The molecule has 0 spiro atoms. The van der Waals surface area contributed by atoms with Crippen molar-refractivity contribution in [3.05, 3.63) is 22.4 Å². The van der Waals surface area contributed by atoms with Crippen molar-refractivity contribution in [1.29, 1.82) is 0 Å². The molecule has 1 fully saturated rings. The number of esters is 1. The van der Waals surface area contributed by atoms with E-state index >= 15 is 0 Å². The highest BCUT2D eigenvalue weighted by molar-refractivity contribution is 7.10. The van der Waals surface area contributed by atoms with E-state index in [1.165, 1.54) is 7.11 Å². The van der Waals surface area contributed by atoms with Gasteiger partial charge in [-0.1, -0.05) is 6.07 Å². The summed E-state index contributed by atoms with van der Waals surface area (Å²) in [7, 11) is 1.37. The first-order chi connectivity index (χ1) is 11.2. The van der Waals surface area contributed by atoms with Crippen LogP contribution >= 0.6 is 11.3 Å². The molecule has 1 aromatic heterocycles. The van der Waals surface area contributed by atoms with Crippen LogP contribution in [0.3, 0.4) is 0 Å². The molecule has 0 unspecified atom stereocenters. The molecule has 2 heterocycles. The maximum Gasteiger partial charge on any atom is 0.307 e. The van der Waals surface area contributed by atoms with Gasteiger partial charge in [-0.25, -0.2) is 0 Å². The van der Waals surface area contributed by atoms with Crippen molar-refractivity contribution < 1.29 is 19.1 Å². The predicted octanol–water partition coefficient (Wildman–Crippen LogP) is 1.01. The van der Waals surface area contributed by atoms with E-state index < -0.39 is 0 Å². The number of carbonyl (C=O) groups excluding carboxylic acids is 2. The van der Waals surface area contributed by atoms with Crippen molar-refractivity contribution in [2.75, 3.05) is 53.0 Å². The third kappa shape index (κ3) is 6.29. The number of methoxy groups -OCH3 is 1. The lowest BCUT2D eigenvalue weighted by Crippen LogP contribution is -2.44. The van der Waals surface area contributed by atoms with Crippen LogP contribution in [0.2, 0.25) is 0 Å². The molecule has 6 nitrogen and oxygen atoms in total. The van der Waals surface area contributed by atoms with Crippen molar-refractivity contribution in [2.45, 2.75) is 12.8 Å². The molecule has 0 bridgehead atoms. The number of ether oxygens (including phenoxy) is 2. The van der Waals surface area contributed by atoms with Gasteiger partial charge in [-0.2, -0.15) is 0 Å². The average Bonchev–Trinajstić information content (AvgIpc) is 3.08. The smallest absolute Gasteiger partial charge is 0.307 e. The summed E-state index contributed by atoms with van der Waals surface area (Å²) in [5.74, 6) is -0.227. The van der Waals surface area contributed by atoms with Gasteiger partial charge in [-0.3, -0.25) is 14.5 Å². The summed E-state index contributed by atoms with van der Waals surface area (Å²) in [5.41, 5.74) is 0. The van der Waals surface area contributed by atoms with Gasteiger partial charge in [-0.15, -0.1) is 11.3 Å². The lowest BCUT2D eigenvalue weighted by molar-refractivity contribution is -0.141. The standard InChI is InChI=1S/C16H24N2O4S/c1-21-16(20)4-5-18(7-6-17-8-10-22-11-9-17)15(19)13-14-3-2-12-23-14/h2-3,12H,4-11,13H2,1H3. The van der Waals surface area contributed by atoms with Crippen LogP contribution in [0.15, 0.2) is 17.5 Å². The SMILES string of the molecule is COC(=O)CCN(CCN1CCOCC1)C(=O)Cc1cccs1. The summed E-state index contributed by atoms with van der Waals surface area (Å²) in [6.45, 7) is 5.10. The summed E-state index contributed by atoms with van der Waals surface area (Å²) in [6, 6.07) is 3.91. The van der Waals surface area contributed by atoms with Crippen LogP contribution in [0.4, 0.5) is 0 Å². The number of amides is 1. The number of thiophene rings is 1. The molecule has 23 heavy (non-hydrogen) atoms. The Labute approximate surface area is 141 Å². The first-order valence-electron chi connectivity index (χ1n) is 7.86. The van der Waals surface area contributed by atoms with Crippen LogP contribution in [0.25, 0.3) is 0 Å². The fourth-order valence-electron chi connectivity index (χ4n) is 2.45. The van der Waals surface area contributed by atoms with Gasteiger partial charge in [0.1, 0.15) is 0 Å². The molecule has 0 aromatic carbocycles. The maximum atomic E-state index is 12.5. The van der Waals surface area contributed by atoms with Crippen molar-refractivity contribution in [3.8, 4) is 0 Å². The van der Waals surface area contributed by atoms with Crippen molar-refractivity contribution in [2.24, 2.45) is 0 Å². The van der Waals surface area contributed by atoms with E-state index in [2.05, 4.69) is 9.64 Å². The van der Waals surface area contributed by atoms with E-state index in [1.54, 1.807) is 16.2 Å². The zero-order valence-electron chi connectivity index (χ0n) is 13.5. The van der Waals surface area contributed by atoms with Crippen LogP contribution < -0.4 is 0 Å². The fourth-order valence-corrected chi connectivity index (χ4v) is 3.15. The molecular weight excluding hydrogens is 316 g/mol. The Morgan fingerprint density at radius 3 is 2.78 bits per heavy atom. The van der Waals surface area contributed by atoms with Gasteiger partial charge in [0.2, 0.25) is 5.91 Å². The van der Waals surface area contributed by atoms with Crippen LogP contribution in [0.5, 0.6) is 0 Å². The van der Waals surface area contributed by atoms with Crippen molar-refractivity contribution in [1.82, 2.24) is 9.80 Å². The van der Waals surface area contributed by atoms with E-state index in [0.29, 0.717) is 19.5 Å². The largest absolute Gasteiger partial charge is 0.469 e. The van der Waals surface area contributed by atoms with Gasteiger partial charge in [0.25, 0.3) is 0 Å². The number of hydrogen-bond donors (Lipinski definition) is 0. The summed E-state index contributed by atoms with van der Waals surface area (Å²) < 4.78 is 10.0. The normalized spacial score (nSPS) is 15.3. The van der Waals surface area contributed by atoms with Gasteiger partial charge in [0.15, 0.2) is 0 Å². The Morgan fingerprint density at radius 2 is 2.13 bits per heavy atom. The van der Waals surface area contributed by atoms with E-state index in [9.17, 15) is 9.59 Å². The van der Waals surface area contributed by atoms with Crippen molar-refractivity contribution in [3.63, 3.8) is 0 Å². The second-order valence-corrected chi connectivity index (χ2v) is 6.45. The van der Waals surface area contributed by atoms with Crippen LogP contribution in [-0.4, -0.2) is 74.7 Å². The third-order valence-corrected chi connectivity index (χ3v) is 4.74. The lowest BCUT2D eigenvalue weighted by atomic mass is 10.2. The first-order valence-corrected chi connectivity index (χ1v) is 8.74. The van der Waals surface area contributed by atoms with Crippen LogP contribution in [-0.2, 0) is 25.5 Å². The fraction of sp³-hybridized carbons (Fsp3) is 0.625. The summed E-state index contributed by atoms with van der Waals surface area (Å²) in [6.07, 6.45) is 0.623. The van der Waals surface area contributed by atoms with E-state index in [1.807, 2.05) is 17.5 Å². The molecule has 128 valence electrons. The number of rotatable bonds is 8. The Kier molecular flexibility index (Phi) is 7.51. The van der Waals surface area contributed by atoms with E-state index in [-0.39, 0.29) is 18.3 Å². The molecule has 7 heteroatoms. The Morgan fingerprint density at radius 1 is 1.35 bits per heavy atom. The number of carbonyl (C=O) groups is 2. The highest BCUT2D eigenvalue weighted by atomic mass is 32.1. The predicted molar refractivity (Wildman–Crippen MR) is 88.5 cm³/mol. The molecule has 2 rings (SSSR count). The van der Waals surface area contributed by atoms with Gasteiger partial charge in [0, 0.05) is 37.6 Å².